The second kappa shape index (κ2) is 5.38. The minimum Gasteiger partial charge on any atom is -0.331 e. The van der Waals surface area contributed by atoms with Crippen LogP contribution in [-0.4, -0.2) is 34.9 Å². The molecule has 0 radical (unpaired) electrons. The molecule has 0 N–H and O–H groups in total. The molecule has 0 spiro atoms. The van der Waals surface area contributed by atoms with E-state index in [1.807, 2.05) is 0 Å². The van der Waals surface area contributed by atoms with Crippen molar-refractivity contribution in [3.63, 3.8) is 0 Å². The Hall–Kier alpha value is -0.260. The lowest BCUT2D eigenvalue weighted by Crippen LogP contribution is -2.45. The molecule has 1 saturated carbocycles. The summed E-state index contributed by atoms with van der Waals surface area (Å²) in [6.07, 6.45) is -2.34. The predicted octanol–water partition coefficient (Wildman–Crippen LogP) is 2.96. The van der Waals surface area contributed by atoms with E-state index in [4.69, 9.17) is 0 Å². The van der Waals surface area contributed by atoms with Gasteiger partial charge in [-0.3, -0.25) is 4.79 Å². The van der Waals surface area contributed by atoms with Crippen LogP contribution >= 0.6 is 15.9 Å². The van der Waals surface area contributed by atoms with Crippen LogP contribution in [0.25, 0.3) is 0 Å². The summed E-state index contributed by atoms with van der Waals surface area (Å²) in [5.74, 6) is -0.171. The maximum absolute atomic E-state index is 12.3. The number of hydrogen-bond acceptors (Lipinski definition) is 1. The van der Waals surface area contributed by atoms with Crippen LogP contribution in [0, 0.1) is 5.92 Å². The van der Waals surface area contributed by atoms with Crippen LogP contribution in [0.4, 0.5) is 13.2 Å². The van der Waals surface area contributed by atoms with E-state index < -0.39 is 18.6 Å². The van der Waals surface area contributed by atoms with Gasteiger partial charge in [-0.25, -0.2) is 0 Å². The van der Waals surface area contributed by atoms with Gasteiger partial charge in [0.15, 0.2) is 0 Å². The van der Waals surface area contributed by atoms with Crippen molar-refractivity contribution in [2.45, 2.75) is 38.4 Å². The molecular weight excluding hydrogens is 287 g/mol. The molecule has 0 heterocycles. The molecule has 1 rings (SSSR count). The lowest BCUT2D eigenvalue weighted by atomic mass is 10.1. The number of amides is 1. The summed E-state index contributed by atoms with van der Waals surface area (Å²) in [6.45, 7) is 0.575. The summed E-state index contributed by atoms with van der Waals surface area (Å²) < 4.78 is 37.0. The van der Waals surface area contributed by atoms with E-state index in [-0.39, 0.29) is 18.4 Å². The predicted molar refractivity (Wildman–Crippen MR) is 58.4 cm³/mol. The zero-order chi connectivity index (χ0) is 12.3. The van der Waals surface area contributed by atoms with Gasteiger partial charge < -0.3 is 4.90 Å². The van der Waals surface area contributed by atoms with Gasteiger partial charge in [-0.2, -0.15) is 13.2 Å². The molecule has 1 unspecified atom stereocenters. The molecule has 0 aromatic carbocycles. The lowest BCUT2D eigenvalue weighted by molar-refractivity contribution is -0.165. The Kier molecular flexibility index (Phi) is 4.64. The second-order valence-electron chi connectivity index (χ2n) is 4.15. The van der Waals surface area contributed by atoms with E-state index in [9.17, 15) is 18.0 Å². The number of carbonyl (C=O) groups excluding carboxylic acids is 1. The van der Waals surface area contributed by atoms with E-state index in [0.717, 1.165) is 17.7 Å². The quantitative estimate of drug-likeness (QED) is 0.715. The summed E-state index contributed by atoms with van der Waals surface area (Å²) in [6, 6.07) is -0.298. The Bertz CT molecular complexity index is 253. The molecule has 0 aromatic heterocycles. The molecule has 1 aliphatic rings. The van der Waals surface area contributed by atoms with Gasteiger partial charge in [-0.15, -0.1) is 0 Å². The number of rotatable bonds is 5. The highest BCUT2D eigenvalue weighted by molar-refractivity contribution is 9.09. The largest absolute Gasteiger partial charge is 0.406 e. The van der Waals surface area contributed by atoms with E-state index in [1.165, 1.54) is 0 Å². The Morgan fingerprint density at radius 1 is 1.50 bits per heavy atom. The summed E-state index contributed by atoms with van der Waals surface area (Å²) in [5, 5.41) is 0.400. The highest BCUT2D eigenvalue weighted by Crippen LogP contribution is 2.36. The van der Waals surface area contributed by atoms with Gasteiger partial charge in [0.1, 0.15) is 6.54 Å². The zero-order valence-corrected chi connectivity index (χ0v) is 10.6. The summed E-state index contributed by atoms with van der Waals surface area (Å²) in [5.41, 5.74) is 0. The first-order valence-corrected chi connectivity index (χ1v) is 6.39. The molecule has 1 aliphatic carbocycles. The smallest absolute Gasteiger partial charge is 0.331 e. The third-order valence-electron chi connectivity index (χ3n) is 2.77. The molecule has 6 heteroatoms. The van der Waals surface area contributed by atoms with Gasteiger partial charge in [0.25, 0.3) is 0 Å². The first-order valence-electron chi connectivity index (χ1n) is 5.27. The minimum atomic E-state index is -4.31. The lowest BCUT2D eigenvalue weighted by Gasteiger charge is -2.30. The average molecular weight is 302 g/mol. The van der Waals surface area contributed by atoms with E-state index >= 15 is 0 Å². The highest BCUT2D eigenvalue weighted by atomic mass is 79.9. The first kappa shape index (κ1) is 13.8. The van der Waals surface area contributed by atoms with Crippen molar-refractivity contribution in [2.75, 3.05) is 11.9 Å². The normalized spacial score (nSPS) is 18.3. The van der Waals surface area contributed by atoms with Crippen LogP contribution < -0.4 is 0 Å². The van der Waals surface area contributed by atoms with Gasteiger partial charge in [0.05, 0.1) is 0 Å². The van der Waals surface area contributed by atoms with Crippen molar-refractivity contribution >= 4 is 21.8 Å². The molecule has 0 aromatic rings. The molecular formula is C10H15BrF3NO. The molecule has 1 amide bonds. The molecule has 0 saturated heterocycles. The number of hydrogen-bond donors (Lipinski definition) is 0. The summed E-state index contributed by atoms with van der Waals surface area (Å²) >= 11 is 3.07. The number of nitrogens with zero attached hydrogens (tertiary/aromatic N) is 1. The molecule has 0 bridgehead atoms. The van der Waals surface area contributed by atoms with Crippen LogP contribution in [0.5, 0.6) is 0 Å². The van der Waals surface area contributed by atoms with Crippen molar-refractivity contribution in [3.05, 3.63) is 0 Å². The van der Waals surface area contributed by atoms with Crippen molar-refractivity contribution in [3.8, 4) is 0 Å². The minimum absolute atomic E-state index is 0.118. The standard InChI is InChI=1S/C10H15BrF3NO/c1-7(8-2-3-8)15(6-10(12,13)14)9(16)4-5-11/h7-8H,2-6H2,1H3. The maximum atomic E-state index is 12.3. The average Bonchev–Trinajstić information content (AvgIpc) is 2.95. The fourth-order valence-electron chi connectivity index (χ4n) is 1.71. The van der Waals surface area contributed by atoms with Gasteiger partial charge in [-0.05, 0) is 25.7 Å². The van der Waals surface area contributed by atoms with Gasteiger partial charge >= 0.3 is 6.18 Å². The first-order chi connectivity index (χ1) is 7.35. The molecule has 0 aliphatic heterocycles. The van der Waals surface area contributed by atoms with Crippen LogP contribution in [0.2, 0.25) is 0 Å². The highest BCUT2D eigenvalue weighted by Gasteiger charge is 2.40. The van der Waals surface area contributed by atoms with Crippen molar-refractivity contribution in [2.24, 2.45) is 5.92 Å². The summed E-state index contributed by atoms with van der Waals surface area (Å²) in [7, 11) is 0. The third-order valence-corrected chi connectivity index (χ3v) is 3.17. The fourth-order valence-corrected chi connectivity index (χ4v) is 2.05. The number of carbonyl (C=O) groups is 1. The molecule has 1 atom stereocenters. The van der Waals surface area contributed by atoms with E-state index in [2.05, 4.69) is 15.9 Å². The van der Waals surface area contributed by atoms with Crippen LogP contribution in [-0.2, 0) is 4.79 Å². The van der Waals surface area contributed by atoms with Crippen molar-refractivity contribution in [1.29, 1.82) is 0 Å². The maximum Gasteiger partial charge on any atom is 0.406 e. The summed E-state index contributed by atoms with van der Waals surface area (Å²) in [4.78, 5) is 12.6. The van der Waals surface area contributed by atoms with E-state index in [1.54, 1.807) is 6.92 Å². The SMILES string of the molecule is CC(C1CC1)N(CC(F)(F)F)C(=O)CCBr. The Morgan fingerprint density at radius 2 is 2.06 bits per heavy atom. The van der Waals surface area contributed by atoms with Crippen LogP contribution in [0.15, 0.2) is 0 Å². The zero-order valence-electron chi connectivity index (χ0n) is 9.06. The van der Waals surface area contributed by atoms with Gasteiger partial charge in [0, 0.05) is 17.8 Å². The topological polar surface area (TPSA) is 20.3 Å². The molecule has 94 valence electrons. The van der Waals surface area contributed by atoms with E-state index in [0.29, 0.717) is 5.33 Å². The Balaban J connectivity index is 2.63. The monoisotopic (exact) mass is 301 g/mol. The number of alkyl halides is 4. The van der Waals surface area contributed by atoms with Gasteiger partial charge in [0.2, 0.25) is 5.91 Å². The van der Waals surface area contributed by atoms with Crippen molar-refractivity contribution in [1.82, 2.24) is 4.90 Å². The number of halogens is 4. The second-order valence-corrected chi connectivity index (χ2v) is 4.95. The van der Waals surface area contributed by atoms with Gasteiger partial charge in [-0.1, -0.05) is 15.9 Å². The molecule has 1 fully saturated rings. The van der Waals surface area contributed by atoms with Crippen LogP contribution in [0.3, 0.4) is 0 Å². The van der Waals surface area contributed by atoms with Crippen molar-refractivity contribution < 1.29 is 18.0 Å². The van der Waals surface area contributed by atoms with Crippen LogP contribution in [0.1, 0.15) is 26.2 Å². The third kappa shape index (κ3) is 4.31. The molecule has 2 nitrogen and oxygen atoms in total. The molecule has 16 heavy (non-hydrogen) atoms. The fraction of sp³-hybridized carbons (Fsp3) is 0.900. The Morgan fingerprint density at radius 3 is 2.44 bits per heavy atom. The Labute approximate surface area is 101 Å².